The summed E-state index contributed by atoms with van der Waals surface area (Å²) in [6.45, 7) is 12.1. The molecule has 3 nitrogen and oxygen atoms in total. The summed E-state index contributed by atoms with van der Waals surface area (Å²) in [5.41, 5.74) is 2.73. The Morgan fingerprint density at radius 1 is 1.30 bits per heavy atom. The van der Waals surface area contributed by atoms with Gasteiger partial charge < -0.3 is 10.4 Å². The van der Waals surface area contributed by atoms with Crippen molar-refractivity contribution in [2.45, 2.75) is 45.2 Å². The largest absolute Gasteiger partial charge is 0.394 e. The Morgan fingerprint density at radius 3 is 2.45 bits per heavy atom. The van der Waals surface area contributed by atoms with Gasteiger partial charge in [0.2, 0.25) is 0 Å². The van der Waals surface area contributed by atoms with Gasteiger partial charge in [0.15, 0.2) is 0 Å². The number of nitrogens with zero attached hydrogens (tertiary/aromatic N) is 1. The zero-order chi connectivity index (χ0) is 14.8. The first-order valence-electron chi connectivity index (χ1n) is 7.61. The van der Waals surface area contributed by atoms with Crippen LogP contribution in [0, 0.1) is 0 Å². The van der Waals surface area contributed by atoms with Crippen molar-refractivity contribution < 1.29 is 5.11 Å². The number of nitrogens with one attached hydrogen (secondary N) is 1. The second-order valence-electron chi connectivity index (χ2n) is 6.86. The van der Waals surface area contributed by atoms with Gasteiger partial charge in [-0.2, -0.15) is 0 Å². The lowest BCUT2D eigenvalue weighted by Gasteiger charge is -2.39. The van der Waals surface area contributed by atoms with Crippen LogP contribution in [0.2, 0.25) is 0 Å². The number of hydrogen-bond acceptors (Lipinski definition) is 3. The van der Waals surface area contributed by atoms with Gasteiger partial charge in [0.1, 0.15) is 0 Å². The van der Waals surface area contributed by atoms with Crippen LogP contribution in [0.3, 0.4) is 0 Å². The lowest BCUT2D eigenvalue weighted by molar-refractivity contribution is 0.0723. The van der Waals surface area contributed by atoms with E-state index in [2.05, 4.69) is 62.2 Å². The molecule has 0 aromatic heterocycles. The van der Waals surface area contributed by atoms with Crippen LogP contribution < -0.4 is 5.32 Å². The SMILES string of the molecule is CC1CNCCN1C(CO)c1ccc(C(C)(C)C)cc1. The molecule has 0 radical (unpaired) electrons. The predicted molar refractivity (Wildman–Crippen MR) is 84.0 cm³/mol. The van der Waals surface area contributed by atoms with Crippen LogP contribution in [0.25, 0.3) is 0 Å². The Labute approximate surface area is 123 Å². The minimum absolute atomic E-state index is 0.112. The van der Waals surface area contributed by atoms with Crippen molar-refractivity contribution in [3.8, 4) is 0 Å². The van der Waals surface area contributed by atoms with E-state index in [1.54, 1.807) is 0 Å². The molecule has 1 fully saturated rings. The molecule has 1 saturated heterocycles. The molecule has 2 unspecified atom stereocenters. The molecule has 112 valence electrons. The first-order chi connectivity index (χ1) is 9.43. The maximum Gasteiger partial charge on any atom is 0.0628 e. The minimum atomic E-state index is 0.112. The summed E-state index contributed by atoms with van der Waals surface area (Å²) in [7, 11) is 0. The molecule has 0 saturated carbocycles. The molecule has 3 heteroatoms. The molecule has 1 aromatic carbocycles. The summed E-state index contributed by atoms with van der Waals surface area (Å²) in [6.07, 6.45) is 0. The van der Waals surface area contributed by atoms with Crippen LogP contribution in [0.5, 0.6) is 0 Å². The van der Waals surface area contributed by atoms with E-state index in [4.69, 9.17) is 0 Å². The average molecular weight is 276 g/mol. The predicted octanol–water partition coefficient (Wildman–Crippen LogP) is 2.31. The van der Waals surface area contributed by atoms with E-state index in [0.29, 0.717) is 6.04 Å². The fourth-order valence-electron chi connectivity index (χ4n) is 2.93. The van der Waals surface area contributed by atoms with Gasteiger partial charge in [-0.05, 0) is 23.5 Å². The standard InChI is InChI=1S/C17H28N2O/c1-13-11-18-9-10-19(13)16(12-20)14-5-7-15(8-6-14)17(2,3)4/h5-8,13,16,18,20H,9-12H2,1-4H3. The summed E-state index contributed by atoms with van der Waals surface area (Å²) in [5, 5.41) is 13.2. The molecule has 2 atom stereocenters. The third-order valence-corrected chi connectivity index (χ3v) is 4.29. The number of rotatable bonds is 3. The molecule has 1 heterocycles. The Bertz CT molecular complexity index is 422. The normalized spacial score (nSPS) is 22.8. The molecule has 0 bridgehead atoms. The summed E-state index contributed by atoms with van der Waals surface area (Å²) in [5.74, 6) is 0. The van der Waals surface area contributed by atoms with Crippen LogP contribution in [-0.2, 0) is 5.41 Å². The number of benzene rings is 1. The van der Waals surface area contributed by atoms with Gasteiger partial charge in [0, 0.05) is 25.7 Å². The highest BCUT2D eigenvalue weighted by atomic mass is 16.3. The molecule has 20 heavy (non-hydrogen) atoms. The zero-order valence-corrected chi connectivity index (χ0v) is 13.2. The summed E-state index contributed by atoms with van der Waals surface area (Å²) in [6, 6.07) is 9.33. The lowest BCUT2D eigenvalue weighted by Crippen LogP contribution is -2.51. The van der Waals surface area contributed by atoms with E-state index < -0.39 is 0 Å². The average Bonchev–Trinajstić information content (AvgIpc) is 2.41. The summed E-state index contributed by atoms with van der Waals surface area (Å²) >= 11 is 0. The number of hydrogen-bond donors (Lipinski definition) is 2. The highest BCUT2D eigenvalue weighted by Gasteiger charge is 2.26. The van der Waals surface area contributed by atoms with Crippen molar-refractivity contribution in [1.29, 1.82) is 0 Å². The van der Waals surface area contributed by atoms with Gasteiger partial charge in [-0.15, -0.1) is 0 Å². The van der Waals surface area contributed by atoms with Crippen molar-refractivity contribution in [2.24, 2.45) is 0 Å². The van der Waals surface area contributed by atoms with Crippen molar-refractivity contribution in [1.82, 2.24) is 10.2 Å². The maximum absolute atomic E-state index is 9.82. The Balaban J connectivity index is 2.19. The van der Waals surface area contributed by atoms with Crippen LogP contribution in [0.4, 0.5) is 0 Å². The van der Waals surface area contributed by atoms with Gasteiger partial charge in [-0.1, -0.05) is 45.0 Å². The monoisotopic (exact) mass is 276 g/mol. The molecular formula is C17H28N2O. The number of aliphatic hydroxyl groups excluding tert-OH is 1. The molecule has 1 aliphatic heterocycles. The number of piperazine rings is 1. The third kappa shape index (κ3) is 3.40. The topological polar surface area (TPSA) is 35.5 Å². The molecule has 1 aromatic rings. The second-order valence-corrected chi connectivity index (χ2v) is 6.86. The first kappa shape index (κ1) is 15.5. The summed E-state index contributed by atoms with van der Waals surface area (Å²) in [4.78, 5) is 2.41. The zero-order valence-electron chi connectivity index (χ0n) is 13.2. The van der Waals surface area contributed by atoms with E-state index in [9.17, 15) is 5.11 Å². The first-order valence-corrected chi connectivity index (χ1v) is 7.61. The van der Waals surface area contributed by atoms with Crippen LogP contribution in [0.15, 0.2) is 24.3 Å². The van der Waals surface area contributed by atoms with Gasteiger partial charge in [-0.3, -0.25) is 4.90 Å². The van der Waals surface area contributed by atoms with Crippen molar-refractivity contribution in [2.75, 3.05) is 26.2 Å². The molecule has 1 aliphatic rings. The summed E-state index contributed by atoms with van der Waals surface area (Å²) < 4.78 is 0. The highest BCUT2D eigenvalue weighted by molar-refractivity contribution is 5.29. The molecule has 0 spiro atoms. The number of aliphatic hydroxyl groups is 1. The van der Waals surface area contributed by atoms with Crippen LogP contribution in [-0.4, -0.2) is 42.3 Å². The smallest absolute Gasteiger partial charge is 0.0628 e. The van der Waals surface area contributed by atoms with Crippen molar-refractivity contribution in [3.05, 3.63) is 35.4 Å². The quantitative estimate of drug-likeness (QED) is 0.889. The van der Waals surface area contributed by atoms with Gasteiger partial charge >= 0.3 is 0 Å². The van der Waals surface area contributed by atoms with Crippen molar-refractivity contribution in [3.63, 3.8) is 0 Å². The van der Waals surface area contributed by atoms with E-state index in [1.165, 1.54) is 11.1 Å². The van der Waals surface area contributed by atoms with E-state index in [1.807, 2.05) is 0 Å². The van der Waals surface area contributed by atoms with Gasteiger partial charge in [0.25, 0.3) is 0 Å². The Hall–Kier alpha value is -0.900. The van der Waals surface area contributed by atoms with Crippen LogP contribution in [0.1, 0.15) is 44.9 Å². The minimum Gasteiger partial charge on any atom is -0.394 e. The third-order valence-electron chi connectivity index (χ3n) is 4.29. The molecule has 2 N–H and O–H groups in total. The second kappa shape index (κ2) is 6.25. The molecule has 0 aliphatic carbocycles. The lowest BCUT2D eigenvalue weighted by atomic mass is 9.86. The maximum atomic E-state index is 9.82. The Morgan fingerprint density at radius 2 is 1.95 bits per heavy atom. The highest BCUT2D eigenvalue weighted by Crippen LogP contribution is 2.27. The fraction of sp³-hybridized carbons (Fsp3) is 0.647. The van der Waals surface area contributed by atoms with Crippen molar-refractivity contribution >= 4 is 0 Å². The van der Waals surface area contributed by atoms with E-state index >= 15 is 0 Å². The molecule has 2 rings (SSSR count). The fourth-order valence-corrected chi connectivity index (χ4v) is 2.93. The van der Waals surface area contributed by atoms with Crippen LogP contribution >= 0.6 is 0 Å². The van der Waals surface area contributed by atoms with Gasteiger partial charge in [0.05, 0.1) is 12.6 Å². The molecule has 0 amide bonds. The molecular weight excluding hydrogens is 248 g/mol. The van der Waals surface area contributed by atoms with E-state index in [-0.39, 0.29) is 18.1 Å². The Kier molecular flexibility index (Phi) is 4.84. The van der Waals surface area contributed by atoms with Gasteiger partial charge in [-0.25, -0.2) is 0 Å². The van der Waals surface area contributed by atoms with E-state index in [0.717, 1.165) is 19.6 Å².